The summed E-state index contributed by atoms with van der Waals surface area (Å²) in [5.74, 6) is -0.866. The molecule has 0 aromatic heterocycles. The maximum Gasteiger partial charge on any atom is 0.243 e. The van der Waals surface area contributed by atoms with Crippen LogP contribution in [-0.2, 0) is 14.4 Å². The molecule has 1 unspecified atom stereocenters. The van der Waals surface area contributed by atoms with Crippen molar-refractivity contribution in [3.8, 4) is 0 Å². The molecule has 0 aliphatic heterocycles. The smallest absolute Gasteiger partial charge is 0.243 e. The van der Waals surface area contributed by atoms with Crippen LogP contribution in [0.2, 0.25) is 0 Å². The standard InChI is InChI=1S/C14H23N3O3/c1-9(2)13(17-12(19)8-16-10(3)18)14(20)15-7-6-11-4-5-11/h6,9,13H,4-5,7-8H2,1-3H3,(H,15,20)(H,16,18)(H,17,19). The Balaban J connectivity index is 2.41. The van der Waals surface area contributed by atoms with Gasteiger partial charge in [0, 0.05) is 13.5 Å². The molecule has 1 fully saturated rings. The molecule has 0 spiro atoms. The van der Waals surface area contributed by atoms with E-state index in [0.717, 1.165) is 12.8 Å². The van der Waals surface area contributed by atoms with Gasteiger partial charge >= 0.3 is 0 Å². The molecule has 1 rings (SSSR count). The molecule has 0 bridgehead atoms. The van der Waals surface area contributed by atoms with Crippen molar-refractivity contribution in [3.63, 3.8) is 0 Å². The summed E-state index contributed by atoms with van der Waals surface area (Å²) < 4.78 is 0. The van der Waals surface area contributed by atoms with Gasteiger partial charge in [-0.2, -0.15) is 0 Å². The van der Waals surface area contributed by atoms with Gasteiger partial charge in [0.25, 0.3) is 0 Å². The summed E-state index contributed by atoms with van der Waals surface area (Å²) in [6, 6.07) is -0.589. The maximum absolute atomic E-state index is 12.0. The average molecular weight is 281 g/mol. The minimum atomic E-state index is -0.589. The monoisotopic (exact) mass is 281 g/mol. The molecule has 0 aromatic rings. The predicted molar refractivity (Wildman–Crippen MR) is 75.8 cm³/mol. The SMILES string of the molecule is CC(=O)NCC(=O)NC(C(=O)NCC=C1CC1)C(C)C. The summed E-state index contributed by atoms with van der Waals surface area (Å²) in [5.41, 5.74) is 1.36. The lowest BCUT2D eigenvalue weighted by atomic mass is 10.0. The van der Waals surface area contributed by atoms with Gasteiger partial charge in [0.1, 0.15) is 6.04 Å². The number of amides is 3. The number of rotatable bonds is 7. The largest absolute Gasteiger partial charge is 0.351 e. The fourth-order valence-electron chi connectivity index (χ4n) is 1.65. The molecule has 6 heteroatoms. The van der Waals surface area contributed by atoms with Gasteiger partial charge < -0.3 is 16.0 Å². The second kappa shape index (κ2) is 7.67. The van der Waals surface area contributed by atoms with E-state index in [1.807, 2.05) is 19.9 Å². The van der Waals surface area contributed by atoms with E-state index in [0.29, 0.717) is 6.54 Å². The van der Waals surface area contributed by atoms with Gasteiger partial charge in [-0.1, -0.05) is 25.5 Å². The van der Waals surface area contributed by atoms with Crippen molar-refractivity contribution in [3.05, 3.63) is 11.6 Å². The van der Waals surface area contributed by atoms with E-state index in [1.165, 1.54) is 12.5 Å². The molecule has 1 aliphatic rings. The fourth-order valence-corrected chi connectivity index (χ4v) is 1.65. The second-order valence-corrected chi connectivity index (χ2v) is 5.31. The van der Waals surface area contributed by atoms with Crippen molar-refractivity contribution >= 4 is 17.7 Å². The van der Waals surface area contributed by atoms with Crippen molar-refractivity contribution in [2.45, 2.75) is 39.7 Å². The Kier molecular flexibility index (Phi) is 6.21. The van der Waals surface area contributed by atoms with Crippen LogP contribution in [0.15, 0.2) is 11.6 Å². The number of allylic oxidation sites excluding steroid dienone is 1. The summed E-state index contributed by atoms with van der Waals surface area (Å²) in [7, 11) is 0. The van der Waals surface area contributed by atoms with Crippen molar-refractivity contribution in [2.75, 3.05) is 13.1 Å². The number of carbonyl (C=O) groups excluding carboxylic acids is 3. The molecule has 0 heterocycles. The quantitative estimate of drug-likeness (QED) is 0.578. The van der Waals surface area contributed by atoms with Gasteiger partial charge in [0.15, 0.2) is 0 Å². The summed E-state index contributed by atoms with van der Waals surface area (Å²) >= 11 is 0. The molecule has 112 valence electrons. The van der Waals surface area contributed by atoms with Crippen LogP contribution in [0.4, 0.5) is 0 Å². The molecule has 20 heavy (non-hydrogen) atoms. The van der Waals surface area contributed by atoms with E-state index in [4.69, 9.17) is 0 Å². The Morgan fingerprint density at radius 1 is 1.20 bits per heavy atom. The highest BCUT2D eigenvalue weighted by Gasteiger charge is 2.23. The minimum Gasteiger partial charge on any atom is -0.351 e. The Hall–Kier alpha value is -1.85. The van der Waals surface area contributed by atoms with Crippen molar-refractivity contribution in [2.24, 2.45) is 5.92 Å². The van der Waals surface area contributed by atoms with Crippen LogP contribution in [0.25, 0.3) is 0 Å². The van der Waals surface area contributed by atoms with Crippen LogP contribution in [0.5, 0.6) is 0 Å². The first-order valence-corrected chi connectivity index (χ1v) is 6.89. The topological polar surface area (TPSA) is 87.3 Å². The van der Waals surface area contributed by atoms with Crippen LogP contribution in [-0.4, -0.2) is 36.9 Å². The van der Waals surface area contributed by atoms with Crippen LogP contribution in [0.3, 0.4) is 0 Å². The highest BCUT2D eigenvalue weighted by Crippen LogP contribution is 2.26. The van der Waals surface area contributed by atoms with Crippen molar-refractivity contribution < 1.29 is 14.4 Å². The highest BCUT2D eigenvalue weighted by atomic mass is 16.2. The lowest BCUT2D eigenvalue weighted by molar-refractivity contribution is -0.130. The highest BCUT2D eigenvalue weighted by molar-refractivity contribution is 5.90. The third-order valence-corrected chi connectivity index (χ3v) is 2.97. The van der Waals surface area contributed by atoms with Gasteiger partial charge in [-0.05, 0) is 18.8 Å². The number of nitrogens with one attached hydrogen (secondary N) is 3. The molecule has 1 saturated carbocycles. The van der Waals surface area contributed by atoms with E-state index in [2.05, 4.69) is 16.0 Å². The molecule has 6 nitrogen and oxygen atoms in total. The van der Waals surface area contributed by atoms with Gasteiger partial charge in [-0.25, -0.2) is 0 Å². The van der Waals surface area contributed by atoms with E-state index in [9.17, 15) is 14.4 Å². The summed E-state index contributed by atoms with van der Waals surface area (Å²) in [4.78, 5) is 34.4. The van der Waals surface area contributed by atoms with E-state index in [1.54, 1.807) is 0 Å². The summed E-state index contributed by atoms with van der Waals surface area (Å²) in [6.07, 6.45) is 4.25. The summed E-state index contributed by atoms with van der Waals surface area (Å²) in [5, 5.41) is 7.83. The third-order valence-electron chi connectivity index (χ3n) is 2.97. The fraction of sp³-hybridized carbons (Fsp3) is 0.643. The molecule has 3 amide bonds. The normalized spacial score (nSPS) is 14.5. The molecule has 0 saturated heterocycles. The van der Waals surface area contributed by atoms with E-state index >= 15 is 0 Å². The lowest BCUT2D eigenvalue weighted by Crippen LogP contribution is -2.51. The van der Waals surface area contributed by atoms with Gasteiger partial charge in [-0.15, -0.1) is 0 Å². The summed E-state index contributed by atoms with van der Waals surface area (Å²) in [6.45, 7) is 5.45. The Morgan fingerprint density at radius 3 is 2.35 bits per heavy atom. The van der Waals surface area contributed by atoms with Gasteiger partial charge in [0.05, 0.1) is 6.54 Å². The Morgan fingerprint density at radius 2 is 1.85 bits per heavy atom. The zero-order valence-corrected chi connectivity index (χ0v) is 12.3. The van der Waals surface area contributed by atoms with Crippen molar-refractivity contribution in [1.29, 1.82) is 0 Å². The van der Waals surface area contributed by atoms with Crippen LogP contribution < -0.4 is 16.0 Å². The first kappa shape index (κ1) is 16.2. The van der Waals surface area contributed by atoms with Crippen LogP contribution in [0.1, 0.15) is 33.6 Å². The zero-order chi connectivity index (χ0) is 15.1. The van der Waals surface area contributed by atoms with Crippen LogP contribution >= 0.6 is 0 Å². The first-order valence-electron chi connectivity index (χ1n) is 6.89. The molecular formula is C14H23N3O3. The first-order chi connectivity index (χ1) is 9.40. The molecule has 3 N–H and O–H groups in total. The van der Waals surface area contributed by atoms with Gasteiger partial charge in [0.2, 0.25) is 17.7 Å². The third kappa shape index (κ3) is 6.36. The van der Waals surface area contributed by atoms with Gasteiger partial charge in [-0.3, -0.25) is 14.4 Å². The molecule has 0 aromatic carbocycles. The number of hydrogen-bond donors (Lipinski definition) is 3. The predicted octanol–water partition coefficient (Wildman–Crippen LogP) is 0.0997. The van der Waals surface area contributed by atoms with E-state index in [-0.39, 0.29) is 30.2 Å². The minimum absolute atomic E-state index is 0.0233. The molecular weight excluding hydrogens is 258 g/mol. The van der Waals surface area contributed by atoms with Crippen molar-refractivity contribution in [1.82, 2.24) is 16.0 Å². The zero-order valence-electron chi connectivity index (χ0n) is 12.3. The molecule has 1 aliphatic carbocycles. The molecule has 0 radical (unpaired) electrons. The Bertz CT molecular complexity index is 410. The molecule has 1 atom stereocenters. The Labute approximate surface area is 119 Å². The maximum atomic E-state index is 12.0. The number of carbonyl (C=O) groups is 3. The van der Waals surface area contributed by atoms with Crippen LogP contribution in [0, 0.1) is 5.92 Å². The van der Waals surface area contributed by atoms with E-state index < -0.39 is 6.04 Å². The average Bonchev–Trinajstić information content (AvgIpc) is 3.16. The number of hydrogen-bond acceptors (Lipinski definition) is 3. The second-order valence-electron chi connectivity index (χ2n) is 5.31. The lowest BCUT2D eigenvalue weighted by Gasteiger charge is -2.21.